The monoisotopic (exact) mass is 349 g/mol. The second-order valence-corrected chi connectivity index (χ2v) is 8.19. The van der Waals surface area contributed by atoms with Gasteiger partial charge in [0.25, 0.3) is 0 Å². The Morgan fingerprint density at radius 2 is 1.83 bits per heavy atom. The summed E-state index contributed by atoms with van der Waals surface area (Å²) in [6.07, 6.45) is -3.81. The Labute approximate surface area is 133 Å². The van der Waals surface area contributed by atoms with Crippen molar-refractivity contribution in [3.05, 3.63) is 23.9 Å². The SMILES string of the molecule is O=S1(=O)CCC(N2CCN(c3cccc(C(F)(F)F)n3)CC2)C1. The van der Waals surface area contributed by atoms with Gasteiger partial charge in [0.05, 0.1) is 11.5 Å². The molecule has 0 radical (unpaired) electrons. The predicted octanol–water partition coefficient (Wildman–Crippen LogP) is 1.41. The number of nitrogens with zero attached hydrogens (tertiary/aromatic N) is 3. The molecule has 2 aliphatic rings. The summed E-state index contributed by atoms with van der Waals surface area (Å²) in [4.78, 5) is 7.63. The van der Waals surface area contributed by atoms with E-state index in [1.165, 1.54) is 6.07 Å². The highest BCUT2D eigenvalue weighted by Gasteiger charge is 2.35. The average Bonchev–Trinajstić information content (AvgIpc) is 2.87. The summed E-state index contributed by atoms with van der Waals surface area (Å²) in [6, 6.07) is 3.94. The molecule has 1 aromatic rings. The molecule has 3 rings (SSSR count). The highest BCUT2D eigenvalue weighted by molar-refractivity contribution is 7.91. The van der Waals surface area contributed by atoms with E-state index >= 15 is 0 Å². The smallest absolute Gasteiger partial charge is 0.354 e. The van der Waals surface area contributed by atoms with Crippen LogP contribution in [-0.2, 0) is 16.0 Å². The molecule has 0 bridgehead atoms. The van der Waals surface area contributed by atoms with Gasteiger partial charge in [-0.15, -0.1) is 0 Å². The maximum absolute atomic E-state index is 12.7. The molecule has 3 heterocycles. The summed E-state index contributed by atoms with van der Waals surface area (Å²) in [7, 11) is -2.93. The largest absolute Gasteiger partial charge is 0.433 e. The van der Waals surface area contributed by atoms with Crippen LogP contribution in [-0.4, -0.2) is 62.0 Å². The number of halogens is 3. The van der Waals surface area contributed by atoms with Crippen LogP contribution in [0.25, 0.3) is 0 Å². The topological polar surface area (TPSA) is 53.5 Å². The Hall–Kier alpha value is -1.35. The molecular formula is C14H18F3N3O2S. The molecule has 128 valence electrons. The second kappa shape index (κ2) is 5.94. The molecule has 5 nitrogen and oxygen atoms in total. The molecule has 0 amide bonds. The van der Waals surface area contributed by atoms with Crippen LogP contribution in [0.5, 0.6) is 0 Å². The van der Waals surface area contributed by atoms with Crippen LogP contribution >= 0.6 is 0 Å². The zero-order valence-corrected chi connectivity index (χ0v) is 13.3. The van der Waals surface area contributed by atoms with Crippen LogP contribution < -0.4 is 4.90 Å². The highest BCUT2D eigenvalue weighted by Crippen LogP contribution is 2.29. The highest BCUT2D eigenvalue weighted by atomic mass is 32.2. The maximum Gasteiger partial charge on any atom is 0.433 e. The zero-order valence-electron chi connectivity index (χ0n) is 12.5. The standard InChI is InChI=1S/C14H18F3N3O2S/c15-14(16,17)12-2-1-3-13(18-12)20-7-5-19(6-8-20)11-4-9-23(21,22)10-11/h1-3,11H,4-10H2. The van der Waals surface area contributed by atoms with E-state index in [0.29, 0.717) is 38.4 Å². The minimum absolute atomic E-state index is 0.0385. The first-order chi connectivity index (χ1) is 10.7. The van der Waals surface area contributed by atoms with E-state index in [-0.39, 0.29) is 17.5 Å². The van der Waals surface area contributed by atoms with Crippen molar-refractivity contribution in [2.75, 3.05) is 42.6 Å². The molecule has 1 aromatic heterocycles. The number of anilines is 1. The van der Waals surface area contributed by atoms with Gasteiger partial charge < -0.3 is 4.90 Å². The molecule has 0 spiro atoms. The first-order valence-corrected chi connectivity index (χ1v) is 9.30. The molecule has 9 heteroatoms. The first-order valence-electron chi connectivity index (χ1n) is 7.48. The van der Waals surface area contributed by atoms with Gasteiger partial charge in [-0.05, 0) is 18.6 Å². The third-order valence-electron chi connectivity index (χ3n) is 4.39. The van der Waals surface area contributed by atoms with Crippen LogP contribution in [0.15, 0.2) is 18.2 Å². The van der Waals surface area contributed by atoms with E-state index in [2.05, 4.69) is 9.88 Å². The minimum Gasteiger partial charge on any atom is -0.354 e. The Morgan fingerprint density at radius 1 is 1.13 bits per heavy atom. The number of pyridine rings is 1. The Morgan fingerprint density at radius 3 is 2.39 bits per heavy atom. The van der Waals surface area contributed by atoms with Crippen LogP contribution in [0, 0.1) is 0 Å². The minimum atomic E-state index is -4.45. The number of piperazine rings is 1. The van der Waals surface area contributed by atoms with E-state index in [1.807, 2.05) is 4.90 Å². The van der Waals surface area contributed by atoms with Crippen molar-refractivity contribution in [2.45, 2.75) is 18.6 Å². The van der Waals surface area contributed by atoms with Crippen molar-refractivity contribution < 1.29 is 21.6 Å². The van der Waals surface area contributed by atoms with Crippen LogP contribution in [0.2, 0.25) is 0 Å². The van der Waals surface area contributed by atoms with E-state index in [9.17, 15) is 21.6 Å². The molecular weight excluding hydrogens is 331 g/mol. The number of hydrogen-bond acceptors (Lipinski definition) is 5. The van der Waals surface area contributed by atoms with Crippen molar-refractivity contribution >= 4 is 15.7 Å². The molecule has 0 N–H and O–H groups in total. The summed E-state index contributed by atoms with van der Waals surface area (Å²) in [5, 5.41) is 0. The number of aromatic nitrogens is 1. The number of hydrogen-bond donors (Lipinski definition) is 0. The summed E-state index contributed by atoms with van der Waals surface area (Å²) < 4.78 is 61.3. The summed E-state index contributed by atoms with van der Waals surface area (Å²) in [6.45, 7) is 2.37. The van der Waals surface area contributed by atoms with Gasteiger partial charge in [-0.2, -0.15) is 13.2 Å². The number of rotatable bonds is 2. The van der Waals surface area contributed by atoms with E-state index < -0.39 is 21.7 Å². The first kappa shape index (κ1) is 16.5. The molecule has 1 unspecified atom stereocenters. The van der Waals surface area contributed by atoms with E-state index in [0.717, 1.165) is 6.07 Å². The van der Waals surface area contributed by atoms with Crippen molar-refractivity contribution in [3.8, 4) is 0 Å². The third-order valence-corrected chi connectivity index (χ3v) is 6.14. The fourth-order valence-corrected chi connectivity index (χ4v) is 4.90. The molecule has 0 aromatic carbocycles. The molecule has 2 fully saturated rings. The van der Waals surface area contributed by atoms with Gasteiger partial charge in [0.2, 0.25) is 0 Å². The van der Waals surface area contributed by atoms with E-state index in [1.54, 1.807) is 6.07 Å². The second-order valence-electron chi connectivity index (χ2n) is 5.96. The van der Waals surface area contributed by atoms with E-state index in [4.69, 9.17) is 0 Å². The summed E-state index contributed by atoms with van der Waals surface area (Å²) >= 11 is 0. The van der Waals surface area contributed by atoms with Gasteiger partial charge >= 0.3 is 6.18 Å². The number of sulfone groups is 1. The van der Waals surface area contributed by atoms with Crippen LogP contribution in [0.1, 0.15) is 12.1 Å². The van der Waals surface area contributed by atoms with Crippen LogP contribution in [0.4, 0.5) is 19.0 Å². The fraction of sp³-hybridized carbons (Fsp3) is 0.643. The third kappa shape index (κ3) is 3.77. The lowest BCUT2D eigenvalue weighted by Gasteiger charge is -2.38. The fourth-order valence-electron chi connectivity index (χ4n) is 3.14. The van der Waals surface area contributed by atoms with Crippen molar-refractivity contribution in [1.29, 1.82) is 0 Å². The average molecular weight is 349 g/mol. The van der Waals surface area contributed by atoms with Crippen molar-refractivity contribution in [3.63, 3.8) is 0 Å². The summed E-state index contributed by atoms with van der Waals surface area (Å²) in [5.41, 5.74) is -0.890. The van der Waals surface area contributed by atoms with Gasteiger partial charge in [0.1, 0.15) is 11.5 Å². The van der Waals surface area contributed by atoms with Crippen LogP contribution in [0.3, 0.4) is 0 Å². The molecule has 2 saturated heterocycles. The quantitative estimate of drug-likeness (QED) is 0.808. The molecule has 23 heavy (non-hydrogen) atoms. The Kier molecular flexibility index (Phi) is 4.26. The Balaban J connectivity index is 1.63. The zero-order chi connectivity index (χ0) is 16.7. The van der Waals surface area contributed by atoms with Crippen molar-refractivity contribution in [2.24, 2.45) is 0 Å². The van der Waals surface area contributed by atoms with Crippen molar-refractivity contribution in [1.82, 2.24) is 9.88 Å². The number of alkyl halides is 3. The molecule has 0 saturated carbocycles. The lowest BCUT2D eigenvalue weighted by atomic mass is 10.2. The maximum atomic E-state index is 12.7. The van der Waals surface area contributed by atoms with Gasteiger partial charge in [0, 0.05) is 32.2 Å². The summed E-state index contributed by atoms with van der Waals surface area (Å²) in [5.74, 6) is 0.737. The molecule has 2 aliphatic heterocycles. The molecule has 0 aliphatic carbocycles. The predicted molar refractivity (Wildman–Crippen MR) is 80.1 cm³/mol. The lowest BCUT2D eigenvalue weighted by Crippen LogP contribution is -2.51. The van der Waals surface area contributed by atoms with Gasteiger partial charge in [0.15, 0.2) is 9.84 Å². The normalized spacial score (nSPS) is 25.7. The van der Waals surface area contributed by atoms with Gasteiger partial charge in [-0.25, -0.2) is 13.4 Å². The van der Waals surface area contributed by atoms with Gasteiger partial charge in [-0.3, -0.25) is 4.90 Å². The van der Waals surface area contributed by atoms with Gasteiger partial charge in [-0.1, -0.05) is 6.07 Å². The molecule has 1 atom stereocenters. The Bertz CT molecular complexity index is 670. The lowest BCUT2D eigenvalue weighted by molar-refractivity contribution is -0.141.